The van der Waals surface area contributed by atoms with E-state index >= 15 is 0 Å². The van der Waals surface area contributed by atoms with E-state index in [9.17, 15) is 0 Å². The molecule has 2 aromatic heterocycles. The van der Waals surface area contributed by atoms with Crippen LogP contribution in [0.25, 0.3) is 0 Å². The van der Waals surface area contributed by atoms with Gasteiger partial charge in [0, 0.05) is 34.4 Å². The minimum absolute atomic E-state index is 0.222. The molecule has 41 heavy (non-hydrogen) atoms. The Balaban J connectivity index is 1.06. The van der Waals surface area contributed by atoms with Crippen molar-refractivity contribution in [1.82, 2.24) is 9.13 Å². The molecule has 0 bridgehead atoms. The molecular weight excluding hydrogens is 657 g/mol. The maximum absolute atomic E-state index is 5.72. The van der Waals surface area contributed by atoms with Crippen LogP contribution in [0.1, 0.15) is 70.9 Å². The second kappa shape index (κ2) is 15.9. The molecule has 4 heterocycles. The highest BCUT2D eigenvalue weighted by atomic mass is 32.2. The highest BCUT2D eigenvalue weighted by Gasteiger charge is 2.24. The summed E-state index contributed by atoms with van der Waals surface area (Å²) in [5.41, 5.74) is 3.23. The summed E-state index contributed by atoms with van der Waals surface area (Å²) in [7, 11) is 0. The number of hydrogen-bond donors (Lipinski definition) is 2. The number of hydrogen-bond acceptors (Lipinski definition) is 8. The first-order valence-corrected chi connectivity index (χ1v) is 20.8. The van der Waals surface area contributed by atoms with Crippen molar-refractivity contribution in [3.8, 4) is 0 Å². The van der Waals surface area contributed by atoms with Gasteiger partial charge < -0.3 is 9.13 Å². The zero-order valence-corrected chi connectivity index (χ0v) is 31.7. The van der Waals surface area contributed by atoms with Crippen molar-refractivity contribution in [2.75, 3.05) is 34.5 Å². The average Bonchev–Trinajstić information content (AvgIpc) is 3.57. The lowest BCUT2D eigenvalue weighted by atomic mass is 9.88. The number of rotatable bonds is 16. The van der Waals surface area contributed by atoms with Crippen LogP contribution in [0.4, 0.5) is 0 Å². The molecule has 0 spiro atoms. The zero-order valence-electron chi connectivity index (χ0n) is 25.0. The first-order chi connectivity index (χ1) is 19.5. The van der Waals surface area contributed by atoms with Crippen LogP contribution in [0.5, 0.6) is 0 Å². The maximum Gasteiger partial charge on any atom is 0.107 e. The molecular formula is C31H46N2S8. The third-order valence-electron chi connectivity index (χ3n) is 7.94. The molecule has 0 aliphatic carbocycles. The van der Waals surface area contributed by atoms with Gasteiger partial charge >= 0.3 is 0 Å². The van der Waals surface area contributed by atoms with Crippen molar-refractivity contribution >= 4 is 96.7 Å². The third-order valence-corrected chi connectivity index (χ3v) is 14.1. The van der Waals surface area contributed by atoms with E-state index in [-0.39, 0.29) is 10.8 Å². The lowest BCUT2D eigenvalue weighted by molar-refractivity contribution is 0.268. The first kappa shape index (κ1) is 34.7. The monoisotopic (exact) mass is 702 g/mol. The van der Waals surface area contributed by atoms with E-state index in [0.29, 0.717) is 0 Å². The molecule has 0 saturated carbocycles. The summed E-state index contributed by atoms with van der Waals surface area (Å²) in [5, 5.41) is 2.19. The number of nitrogens with zero attached hydrogens (tertiary/aromatic N) is 2. The van der Waals surface area contributed by atoms with Crippen LogP contribution in [0.3, 0.4) is 0 Å². The van der Waals surface area contributed by atoms with Crippen molar-refractivity contribution in [2.45, 2.75) is 106 Å². The second-order valence-corrected chi connectivity index (χ2v) is 19.2. The molecule has 228 valence electrons. The number of aromatic nitrogens is 2. The van der Waals surface area contributed by atoms with Crippen molar-refractivity contribution in [2.24, 2.45) is 10.8 Å². The Kier molecular flexibility index (Phi) is 13.5. The van der Waals surface area contributed by atoms with Crippen LogP contribution in [-0.4, -0.2) is 43.7 Å². The molecule has 4 rings (SSSR count). The smallest absolute Gasteiger partial charge is 0.107 e. The van der Waals surface area contributed by atoms with Crippen LogP contribution in [0.15, 0.2) is 32.0 Å². The molecule has 0 N–H and O–H groups in total. The summed E-state index contributed by atoms with van der Waals surface area (Å²) in [4.78, 5) is 2.69. The van der Waals surface area contributed by atoms with Crippen LogP contribution in [-0.2, 0) is 25.9 Å². The van der Waals surface area contributed by atoms with Crippen molar-refractivity contribution in [1.29, 1.82) is 0 Å². The Morgan fingerprint density at radius 3 is 1.51 bits per heavy atom. The fraction of sp³-hybridized carbons (Fsp3) is 0.677. The molecule has 2 aliphatic heterocycles. The summed E-state index contributed by atoms with van der Waals surface area (Å²) >= 11 is 29.3. The molecule has 2 aliphatic rings. The molecule has 0 amide bonds. The van der Waals surface area contributed by atoms with Gasteiger partial charge in [0.25, 0.3) is 0 Å². The van der Waals surface area contributed by atoms with Gasteiger partial charge in [-0.05, 0) is 102 Å². The normalized spacial score (nSPS) is 15.0. The highest BCUT2D eigenvalue weighted by Crippen LogP contribution is 2.38. The number of fused-ring (bicyclic) bond motifs is 2. The van der Waals surface area contributed by atoms with Crippen molar-refractivity contribution in [3.63, 3.8) is 0 Å². The highest BCUT2D eigenvalue weighted by molar-refractivity contribution is 8.00. The molecule has 0 aromatic carbocycles. The minimum Gasteiger partial charge on any atom is -0.327 e. The first-order valence-electron chi connectivity index (χ1n) is 14.8. The van der Waals surface area contributed by atoms with Crippen LogP contribution >= 0.6 is 96.7 Å². The van der Waals surface area contributed by atoms with E-state index < -0.39 is 0 Å². The summed E-state index contributed by atoms with van der Waals surface area (Å²) in [6, 6.07) is 4.38. The van der Waals surface area contributed by atoms with E-state index in [1.165, 1.54) is 76.0 Å². The standard InChI is InChI=1S/C31H46N2S8/c1-30(2,20-32-26(34)18-24-22(28(32)36)8-16-40-24)10-5-12-38-14-7-15-39-13-6-11-31(3,4)21-33-27(35)19-25-23(29(33)37)9-17-41-25/h18-19,36-37H,5-17,20-21H2,1-4H3. The molecule has 10 heteroatoms. The predicted octanol–water partition coefficient (Wildman–Crippen LogP) is 10.8. The van der Waals surface area contributed by atoms with Gasteiger partial charge in [-0.3, -0.25) is 0 Å². The Hall–Kier alpha value is 0.840. The summed E-state index contributed by atoms with van der Waals surface area (Å²) in [5.74, 6) is 7.35. The Bertz CT molecular complexity index is 1210. The summed E-state index contributed by atoms with van der Waals surface area (Å²) < 4.78 is 6.41. The van der Waals surface area contributed by atoms with Gasteiger partial charge in [-0.1, -0.05) is 52.1 Å². The number of thioether (sulfide) groups is 4. The van der Waals surface area contributed by atoms with E-state index in [4.69, 9.17) is 49.7 Å². The van der Waals surface area contributed by atoms with Gasteiger partial charge in [0.2, 0.25) is 0 Å². The van der Waals surface area contributed by atoms with Crippen LogP contribution < -0.4 is 0 Å². The fourth-order valence-electron chi connectivity index (χ4n) is 5.66. The predicted molar refractivity (Wildman–Crippen MR) is 199 cm³/mol. The van der Waals surface area contributed by atoms with Gasteiger partial charge in [0.15, 0.2) is 0 Å². The van der Waals surface area contributed by atoms with Crippen LogP contribution in [0, 0.1) is 20.1 Å². The molecule has 0 radical (unpaired) electrons. The summed E-state index contributed by atoms with van der Waals surface area (Å²) in [6.45, 7) is 11.4. The SMILES string of the molecule is CC(C)(CCCSCCCSCCCC(C)(C)Cn1c(S)c2c(cc1=S)SCC2)Cn1c(S)c2c(cc1=S)SCC2. The van der Waals surface area contributed by atoms with E-state index in [0.717, 1.165) is 56.8 Å². The van der Waals surface area contributed by atoms with Crippen LogP contribution in [0.2, 0.25) is 0 Å². The lowest BCUT2D eigenvalue weighted by Crippen LogP contribution is -2.22. The van der Waals surface area contributed by atoms with Gasteiger partial charge in [-0.2, -0.15) is 23.5 Å². The van der Waals surface area contributed by atoms with Crippen molar-refractivity contribution < 1.29 is 0 Å². The quantitative estimate of drug-likeness (QED) is 0.102. The number of thiol groups is 2. The molecule has 0 fully saturated rings. The van der Waals surface area contributed by atoms with Crippen molar-refractivity contribution in [3.05, 3.63) is 32.5 Å². The minimum atomic E-state index is 0.222. The Morgan fingerprint density at radius 2 is 1.10 bits per heavy atom. The molecule has 0 saturated heterocycles. The van der Waals surface area contributed by atoms with E-state index in [2.05, 4.69) is 72.5 Å². The van der Waals surface area contributed by atoms with Gasteiger partial charge in [0.1, 0.15) is 9.28 Å². The molecule has 2 aromatic rings. The maximum atomic E-state index is 5.72. The molecule has 0 atom stereocenters. The number of pyridine rings is 2. The summed E-state index contributed by atoms with van der Waals surface area (Å²) in [6.07, 6.45) is 8.49. The zero-order chi connectivity index (χ0) is 29.6. The van der Waals surface area contributed by atoms with E-state index in [1.54, 1.807) is 0 Å². The largest absolute Gasteiger partial charge is 0.327 e. The van der Waals surface area contributed by atoms with E-state index in [1.807, 2.05) is 23.5 Å². The van der Waals surface area contributed by atoms with Gasteiger partial charge in [0.05, 0.1) is 10.1 Å². The Labute approximate surface area is 287 Å². The second-order valence-electron chi connectivity index (χ2n) is 12.8. The topological polar surface area (TPSA) is 9.86 Å². The van der Waals surface area contributed by atoms with Gasteiger partial charge in [-0.15, -0.1) is 48.8 Å². The average molecular weight is 703 g/mol. The molecule has 0 unspecified atom stereocenters. The molecule has 2 nitrogen and oxygen atoms in total. The fourth-order valence-corrected chi connectivity index (χ4v) is 11.6. The van der Waals surface area contributed by atoms with Gasteiger partial charge in [-0.25, -0.2) is 0 Å². The Morgan fingerprint density at radius 1 is 0.707 bits per heavy atom. The lowest BCUT2D eigenvalue weighted by Gasteiger charge is -2.28. The third kappa shape index (κ3) is 9.91.